The molecule has 0 unspecified atom stereocenters. The van der Waals surface area contributed by atoms with Gasteiger partial charge in [-0.15, -0.1) is 0 Å². The Morgan fingerprint density at radius 3 is 1.79 bits per heavy atom. The molecule has 0 aliphatic carbocycles. The summed E-state index contributed by atoms with van der Waals surface area (Å²) in [5, 5.41) is 8.62. The molecule has 3 N–H and O–H groups in total. The predicted molar refractivity (Wildman–Crippen MR) is 355 cm³/mol. The number of esters is 1. The van der Waals surface area contributed by atoms with E-state index < -0.39 is 5.41 Å². The third-order valence-corrected chi connectivity index (χ3v) is 13.6. The van der Waals surface area contributed by atoms with Crippen molar-refractivity contribution in [2.75, 3.05) is 16.0 Å². The van der Waals surface area contributed by atoms with Crippen LogP contribution in [0.4, 0.5) is 17.6 Å². The molecule has 10 rings (SSSR count). The summed E-state index contributed by atoms with van der Waals surface area (Å²) in [6.07, 6.45) is 9.13. The number of carbonyl (C=O) groups is 4. The molecule has 3 amide bonds. The molecule has 6 heterocycles. The Labute approximate surface area is 526 Å². The van der Waals surface area contributed by atoms with Gasteiger partial charge in [-0.1, -0.05) is 112 Å². The summed E-state index contributed by atoms with van der Waals surface area (Å²) in [5.74, 6) is 1.22. The van der Waals surface area contributed by atoms with Gasteiger partial charge in [0.25, 0.3) is 5.91 Å². The summed E-state index contributed by atoms with van der Waals surface area (Å²) < 4.78 is 16.9. The minimum Gasteiger partial charge on any atom is -0.471 e. The zero-order valence-corrected chi connectivity index (χ0v) is 52.6. The molecule has 470 valence electrons. The molecule has 0 radical (unpaired) electrons. The number of nitrogens with one attached hydrogen (secondary N) is 3. The van der Waals surface area contributed by atoms with Gasteiger partial charge in [-0.05, 0) is 141 Å². The van der Waals surface area contributed by atoms with Crippen molar-refractivity contribution >= 4 is 69.3 Å². The number of rotatable bonds is 16. The van der Waals surface area contributed by atoms with Crippen LogP contribution in [0.2, 0.25) is 0 Å². The van der Waals surface area contributed by atoms with E-state index in [1.807, 2.05) is 169 Å². The molecule has 5 aromatic heterocycles. The first-order valence-corrected chi connectivity index (χ1v) is 29.2. The maximum absolute atomic E-state index is 12.6. The Morgan fingerprint density at radius 1 is 0.633 bits per heavy atom. The first-order valence-electron chi connectivity index (χ1n) is 29.2. The van der Waals surface area contributed by atoms with E-state index >= 15 is 0 Å². The third kappa shape index (κ3) is 18.8. The van der Waals surface area contributed by atoms with E-state index in [4.69, 9.17) is 9.47 Å². The maximum Gasteiger partial charge on any atom is 0.349 e. The highest BCUT2D eigenvalue weighted by Crippen LogP contribution is 2.28. The molecule has 9 aromatic rings. The van der Waals surface area contributed by atoms with Crippen molar-refractivity contribution < 1.29 is 28.7 Å². The zero-order valence-electron chi connectivity index (χ0n) is 52.6. The lowest BCUT2D eigenvalue weighted by atomic mass is 9.97. The van der Waals surface area contributed by atoms with E-state index in [1.165, 1.54) is 6.33 Å². The van der Waals surface area contributed by atoms with Gasteiger partial charge in [0.05, 0.1) is 30.9 Å². The number of imidazole rings is 2. The van der Waals surface area contributed by atoms with Crippen molar-refractivity contribution in [3.8, 4) is 11.6 Å². The second-order valence-electron chi connectivity index (χ2n) is 23.1. The molecule has 0 atom stereocenters. The minimum absolute atomic E-state index is 0. The predicted octanol–water partition coefficient (Wildman–Crippen LogP) is 13.4. The van der Waals surface area contributed by atoms with E-state index in [-0.39, 0.29) is 85.8 Å². The van der Waals surface area contributed by atoms with Gasteiger partial charge in [-0.25, -0.2) is 24.7 Å². The smallest absolute Gasteiger partial charge is 0.349 e. The van der Waals surface area contributed by atoms with Crippen molar-refractivity contribution in [2.45, 2.75) is 134 Å². The molecule has 0 fully saturated rings. The number of ether oxygens (including phenoxy) is 2. The standard InChI is InChI=1S/C28H31N5O4.C15H15N5O.C15H17N3O.C10H15NO.CH4/c1-18(2)33-17-29-23-24(33)31-27(30-22(34)15-19-9-7-6-8-10-19)32-25(23)36-16-20-11-13-21(14-12-20)37-26(35)28(3,4)5;1-10(2)20-9-18-12-13(16-8-17-14(12)20)19-15(21)11-6-4-3-5-7-11;1-11(2)18-10-9-14(17-15(18)19)16-12(3)13-7-5-4-6-8-13;1-7(2)11-6-9(4)8(3)5-10(11)12;/h6-14,17-18H,15-16H2,1-5H3,(H,30,31,32,34);3-10H,1-2H3,(H,16,17,19,21);4-11H,3H2,1-2H3,(H,16,17,19);6-7H,3,5H2,1-2,4H3;1H4. The lowest BCUT2D eigenvalue weighted by Crippen LogP contribution is -2.35. The Kier molecular flexibility index (Phi) is 24.0. The minimum atomic E-state index is -0.590. The highest BCUT2D eigenvalue weighted by Gasteiger charge is 2.25. The topological polar surface area (TPSA) is 248 Å². The number of anilines is 3. The highest BCUT2D eigenvalue weighted by molar-refractivity contribution is 6.06. The summed E-state index contributed by atoms with van der Waals surface area (Å²) in [4.78, 5) is 92.0. The Bertz CT molecular complexity index is 4020. The summed E-state index contributed by atoms with van der Waals surface area (Å²) in [6.45, 7) is 31.4. The van der Waals surface area contributed by atoms with Gasteiger partial charge in [0.15, 0.2) is 28.1 Å². The van der Waals surface area contributed by atoms with E-state index in [9.17, 15) is 24.0 Å². The van der Waals surface area contributed by atoms with E-state index in [1.54, 1.807) is 79.4 Å². The molecular weight excluding hydrogens is 1140 g/mol. The number of hydrogen-bond donors (Lipinski definition) is 3. The van der Waals surface area contributed by atoms with Gasteiger partial charge in [0, 0.05) is 47.8 Å². The molecule has 4 aromatic carbocycles. The molecular formula is C69H82N14O7. The van der Waals surface area contributed by atoms with Crippen LogP contribution in [0.5, 0.6) is 11.6 Å². The van der Waals surface area contributed by atoms with Crippen molar-refractivity contribution in [3.05, 3.63) is 210 Å². The summed E-state index contributed by atoms with van der Waals surface area (Å²) >= 11 is 0. The average molecular weight is 1220 g/mol. The van der Waals surface area contributed by atoms with Gasteiger partial charge in [-0.2, -0.15) is 15.0 Å². The number of nitrogens with zero attached hydrogens (tertiary/aromatic N) is 11. The molecule has 0 saturated heterocycles. The van der Waals surface area contributed by atoms with Gasteiger partial charge < -0.3 is 34.1 Å². The number of benzene rings is 4. The molecule has 90 heavy (non-hydrogen) atoms. The van der Waals surface area contributed by atoms with Gasteiger partial charge >= 0.3 is 11.7 Å². The van der Waals surface area contributed by atoms with Crippen molar-refractivity contribution in [1.29, 1.82) is 0 Å². The number of carbonyl (C=O) groups excluding carboxylic acids is 4. The number of aromatic nitrogens is 10. The Hall–Kier alpha value is -10.4. The summed E-state index contributed by atoms with van der Waals surface area (Å²) in [7, 11) is 0. The largest absolute Gasteiger partial charge is 0.471 e. The summed E-state index contributed by atoms with van der Waals surface area (Å²) in [5.41, 5.74) is 7.58. The van der Waals surface area contributed by atoms with Crippen LogP contribution < -0.4 is 31.1 Å². The number of amides is 3. The fraction of sp³-hybridized carbons (Fsp3) is 0.304. The van der Waals surface area contributed by atoms with Crippen LogP contribution in [0.3, 0.4) is 0 Å². The van der Waals surface area contributed by atoms with Crippen molar-refractivity contribution in [3.63, 3.8) is 0 Å². The van der Waals surface area contributed by atoms with Crippen LogP contribution in [0.15, 0.2) is 182 Å². The second-order valence-corrected chi connectivity index (χ2v) is 23.1. The molecule has 1 aliphatic heterocycles. The summed E-state index contributed by atoms with van der Waals surface area (Å²) in [6, 6.07) is 37.7. The van der Waals surface area contributed by atoms with Crippen LogP contribution >= 0.6 is 0 Å². The van der Waals surface area contributed by atoms with Crippen LogP contribution in [-0.4, -0.2) is 83.2 Å². The maximum atomic E-state index is 12.6. The molecule has 0 spiro atoms. The van der Waals surface area contributed by atoms with E-state index in [2.05, 4.69) is 64.0 Å². The second kappa shape index (κ2) is 31.5. The third-order valence-electron chi connectivity index (χ3n) is 13.6. The van der Waals surface area contributed by atoms with Gasteiger partial charge in [0.2, 0.25) is 23.6 Å². The van der Waals surface area contributed by atoms with Crippen molar-refractivity contribution in [2.24, 2.45) is 5.41 Å². The zero-order chi connectivity index (χ0) is 64.5. The van der Waals surface area contributed by atoms with Crippen molar-refractivity contribution in [1.82, 2.24) is 53.5 Å². The Morgan fingerprint density at radius 2 is 1.21 bits per heavy atom. The monoisotopic (exact) mass is 1220 g/mol. The van der Waals surface area contributed by atoms with E-state index in [0.29, 0.717) is 51.7 Å². The lowest BCUT2D eigenvalue weighted by Gasteiger charge is -2.28. The molecule has 0 saturated carbocycles. The molecule has 21 nitrogen and oxygen atoms in total. The van der Waals surface area contributed by atoms with Gasteiger partial charge in [0.1, 0.15) is 24.5 Å². The SMILES string of the molecule is C.C=C(Nc1ccn(C(C)C)c(=O)n1)c1ccccc1.C=C1CC(=O)N(C(C)C)C=C1C.CC(C)n1cnc2c(NC(=O)c3ccccc3)ncnc21.CC(C)n1cnc2c(OCc3ccc(OC(=O)C(C)(C)C)cc3)nc(NC(=O)Cc3ccccc3)nc21. The van der Waals surface area contributed by atoms with Crippen LogP contribution in [-0.2, 0) is 27.4 Å². The molecule has 21 heteroatoms. The fourth-order valence-electron chi connectivity index (χ4n) is 8.49. The van der Waals surface area contributed by atoms with Crippen LogP contribution in [0, 0.1) is 5.41 Å². The van der Waals surface area contributed by atoms with E-state index in [0.717, 1.165) is 33.5 Å². The highest BCUT2D eigenvalue weighted by atomic mass is 16.5. The quantitative estimate of drug-likeness (QED) is 0.0601. The number of allylic oxidation sites excluding steroid dienone is 1. The molecule has 0 bridgehead atoms. The number of hydrogen-bond acceptors (Lipinski definition) is 15. The number of fused-ring (bicyclic) bond motifs is 2. The normalized spacial score (nSPS) is 12.0. The lowest BCUT2D eigenvalue weighted by molar-refractivity contribution is -0.143. The first kappa shape index (κ1) is 68.7. The first-order chi connectivity index (χ1) is 42.4. The van der Waals surface area contributed by atoms with Gasteiger partial charge in [-0.3, -0.25) is 29.1 Å². The fourth-order valence-corrected chi connectivity index (χ4v) is 8.49. The Balaban J connectivity index is 0.000000207. The van der Waals surface area contributed by atoms with Crippen LogP contribution in [0.25, 0.3) is 28.0 Å². The average Bonchev–Trinajstić information content (AvgIpc) is 1.67. The van der Waals surface area contributed by atoms with Crippen LogP contribution in [0.1, 0.15) is 142 Å². The molecule has 1 aliphatic rings.